The van der Waals surface area contributed by atoms with Gasteiger partial charge in [0.15, 0.2) is 5.88 Å². The molecule has 0 saturated heterocycles. The zero-order valence-corrected chi connectivity index (χ0v) is 12.3. The van der Waals surface area contributed by atoms with Crippen molar-refractivity contribution in [2.24, 2.45) is 0 Å². The highest BCUT2D eigenvalue weighted by molar-refractivity contribution is 5.97. The Morgan fingerprint density at radius 1 is 1.24 bits per heavy atom. The number of nitrogens with zero attached hydrogens (tertiary/aromatic N) is 1. The van der Waals surface area contributed by atoms with Gasteiger partial charge in [0.05, 0.1) is 18.7 Å². The molecule has 0 aliphatic carbocycles. The molecule has 0 aliphatic rings. The molecule has 0 unspecified atom stereocenters. The van der Waals surface area contributed by atoms with Crippen LogP contribution in [0, 0.1) is 0 Å². The maximum Gasteiger partial charge on any atom is 0.355 e. The second-order valence-corrected chi connectivity index (χ2v) is 4.32. The number of ether oxygens (including phenoxy) is 2. The Morgan fingerprint density at radius 2 is 1.95 bits per heavy atom. The first-order valence-corrected chi connectivity index (χ1v) is 6.96. The Morgan fingerprint density at radius 3 is 2.62 bits per heavy atom. The number of fused-ring (bicyclic) bond motifs is 1. The number of allylic oxidation sites excluding steroid dienone is 2. The fourth-order valence-electron chi connectivity index (χ4n) is 2.18. The summed E-state index contributed by atoms with van der Waals surface area (Å²) in [5.74, 6) is 0.181. The summed E-state index contributed by atoms with van der Waals surface area (Å²) in [6.07, 6.45) is 3.37. The molecule has 4 heteroatoms. The van der Waals surface area contributed by atoms with E-state index in [2.05, 4.69) is 6.58 Å². The third-order valence-corrected chi connectivity index (χ3v) is 2.97. The Kier molecular flexibility index (Phi) is 4.82. The van der Waals surface area contributed by atoms with E-state index in [1.807, 2.05) is 37.3 Å². The van der Waals surface area contributed by atoms with Crippen LogP contribution in [0.1, 0.15) is 24.3 Å². The third kappa shape index (κ3) is 2.99. The molecule has 0 spiro atoms. The van der Waals surface area contributed by atoms with Crippen LogP contribution in [0.4, 0.5) is 0 Å². The van der Waals surface area contributed by atoms with E-state index in [4.69, 9.17) is 9.47 Å². The summed E-state index contributed by atoms with van der Waals surface area (Å²) in [5.41, 5.74) is 1.33. The van der Waals surface area contributed by atoms with Gasteiger partial charge in [0.1, 0.15) is 5.69 Å². The maximum atomic E-state index is 12.2. The van der Waals surface area contributed by atoms with Crippen LogP contribution in [-0.2, 0) is 9.47 Å². The Hall–Kier alpha value is -2.49. The van der Waals surface area contributed by atoms with Crippen molar-refractivity contribution in [3.05, 3.63) is 54.8 Å². The summed E-state index contributed by atoms with van der Waals surface area (Å²) in [7, 11) is 0. The molecular weight excluding hydrogens is 266 g/mol. The summed E-state index contributed by atoms with van der Waals surface area (Å²) in [6, 6.07) is 9.55. The molecule has 0 bridgehead atoms. The highest BCUT2D eigenvalue weighted by Gasteiger charge is 2.19. The summed E-state index contributed by atoms with van der Waals surface area (Å²) < 4.78 is 12.5. The second kappa shape index (κ2) is 6.79. The van der Waals surface area contributed by atoms with Gasteiger partial charge in [-0.2, -0.15) is 0 Å². The molecule has 2 rings (SSSR count). The summed E-state index contributed by atoms with van der Waals surface area (Å²) >= 11 is 0. The molecule has 2 aromatic rings. The number of rotatable bonds is 6. The molecular formula is C17H19NO3. The quantitative estimate of drug-likeness (QED) is 0.460. The largest absolute Gasteiger partial charge is 0.479 e. The lowest BCUT2D eigenvalue weighted by molar-refractivity contribution is 0.0515. The molecule has 21 heavy (non-hydrogen) atoms. The van der Waals surface area contributed by atoms with Gasteiger partial charge in [-0.15, -0.1) is 0 Å². The second-order valence-electron chi connectivity index (χ2n) is 4.32. The third-order valence-electron chi connectivity index (χ3n) is 2.97. The summed E-state index contributed by atoms with van der Waals surface area (Å²) in [4.78, 5) is 12.2. The van der Waals surface area contributed by atoms with Crippen molar-refractivity contribution in [1.82, 2.24) is 4.57 Å². The SMILES string of the molecule is C=C/C=C(/OCC)n1c(C(=O)OCC)cc2ccccc21. The van der Waals surface area contributed by atoms with Crippen molar-refractivity contribution >= 4 is 22.8 Å². The van der Waals surface area contributed by atoms with Crippen LogP contribution in [-0.4, -0.2) is 23.8 Å². The number of para-hydroxylation sites is 1. The predicted molar refractivity (Wildman–Crippen MR) is 84.0 cm³/mol. The summed E-state index contributed by atoms with van der Waals surface area (Å²) in [5, 5.41) is 0.954. The average molecular weight is 285 g/mol. The van der Waals surface area contributed by atoms with Crippen LogP contribution in [0.5, 0.6) is 0 Å². The van der Waals surface area contributed by atoms with E-state index in [1.165, 1.54) is 0 Å². The predicted octanol–water partition coefficient (Wildman–Crippen LogP) is 3.84. The van der Waals surface area contributed by atoms with Gasteiger partial charge in [0.25, 0.3) is 0 Å². The van der Waals surface area contributed by atoms with Crippen molar-refractivity contribution in [2.75, 3.05) is 13.2 Å². The molecule has 0 amide bonds. The van der Waals surface area contributed by atoms with Crippen LogP contribution in [0.15, 0.2) is 49.1 Å². The Bertz CT molecular complexity index is 682. The minimum atomic E-state index is -0.372. The minimum absolute atomic E-state index is 0.329. The monoisotopic (exact) mass is 285 g/mol. The number of carbonyl (C=O) groups excluding carboxylic acids is 1. The number of aromatic nitrogens is 1. The molecule has 1 aromatic carbocycles. The number of hydrogen-bond donors (Lipinski definition) is 0. The highest BCUT2D eigenvalue weighted by atomic mass is 16.5. The van der Waals surface area contributed by atoms with Crippen molar-refractivity contribution < 1.29 is 14.3 Å². The molecule has 0 N–H and O–H groups in total. The van der Waals surface area contributed by atoms with Crippen LogP contribution in [0.2, 0.25) is 0 Å². The zero-order chi connectivity index (χ0) is 15.2. The van der Waals surface area contributed by atoms with Crippen molar-refractivity contribution in [3.8, 4) is 0 Å². The van der Waals surface area contributed by atoms with Crippen LogP contribution < -0.4 is 0 Å². The van der Waals surface area contributed by atoms with E-state index in [1.54, 1.807) is 23.6 Å². The zero-order valence-electron chi connectivity index (χ0n) is 12.3. The first-order chi connectivity index (χ1) is 10.2. The van der Waals surface area contributed by atoms with Gasteiger partial charge in [0, 0.05) is 5.39 Å². The fraction of sp³-hybridized carbons (Fsp3) is 0.235. The van der Waals surface area contributed by atoms with E-state index in [-0.39, 0.29) is 5.97 Å². The number of carbonyl (C=O) groups is 1. The van der Waals surface area contributed by atoms with Gasteiger partial charge >= 0.3 is 5.97 Å². The minimum Gasteiger partial charge on any atom is -0.479 e. The Balaban J connectivity index is 2.67. The topological polar surface area (TPSA) is 40.5 Å². The lowest BCUT2D eigenvalue weighted by atomic mass is 10.2. The number of hydrogen-bond acceptors (Lipinski definition) is 3. The van der Waals surface area contributed by atoms with E-state index in [9.17, 15) is 4.79 Å². The standard InChI is InChI=1S/C17H19NO3/c1-4-9-16(20-5-2)18-14-11-8-7-10-13(14)12-15(18)17(19)21-6-3/h4,7-12H,1,5-6H2,2-3H3/b16-9+. The first kappa shape index (κ1) is 14.9. The van der Waals surface area contributed by atoms with Crippen LogP contribution in [0.3, 0.4) is 0 Å². The molecule has 1 aromatic heterocycles. The van der Waals surface area contributed by atoms with Gasteiger partial charge < -0.3 is 9.47 Å². The number of esters is 1. The van der Waals surface area contributed by atoms with Crippen LogP contribution in [0.25, 0.3) is 16.8 Å². The Labute approximate surface area is 124 Å². The van der Waals surface area contributed by atoms with Gasteiger partial charge in [0.2, 0.25) is 0 Å². The van der Waals surface area contributed by atoms with Crippen molar-refractivity contribution in [3.63, 3.8) is 0 Å². The number of benzene rings is 1. The van der Waals surface area contributed by atoms with Crippen molar-refractivity contribution in [1.29, 1.82) is 0 Å². The molecule has 110 valence electrons. The normalized spacial score (nSPS) is 11.4. The molecule has 0 saturated carbocycles. The van der Waals surface area contributed by atoms with Gasteiger partial charge in [-0.3, -0.25) is 4.57 Å². The average Bonchev–Trinajstić information content (AvgIpc) is 2.86. The lowest BCUT2D eigenvalue weighted by Crippen LogP contribution is -2.13. The summed E-state index contributed by atoms with van der Waals surface area (Å²) in [6.45, 7) is 8.20. The molecule has 4 nitrogen and oxygen atoms in total. The molecule has 0 atom stereocenters. The fourth-order valence-corrected chi connectivity index (χ4v) is 2.18. The van der Waals surface area contributed by atoms with Crippen LogP contribution >= 0.6 is 0 Å². The van der Waals surface area contributed by atoms with E-state index in [0.29, 0.717) is 24.8 Å². The molecule has 1 heterocycles. The molecule has 0 aliphatic heterocycles. The first-order valence-electron chi connectivity index (χ1n) is 6.96. The highest BCUT2D eigenvalue weighted by Crippen LogP contribution is 2.25. The van der Waals surface area contributed by atoms with Gasteiger partial charge in [-0.25, -0.2) is 4.79 Å². The smallest absolute Gasteiger partial charge is 0.355 e. The lowest BCUT2D eigenvalue weighted by Gasteiger charge is -2.14. The molecule has 0 fully saturated rings. The van der Waals surface area contributed by atoms with E-state index >= 15 is 0 Å². The molecule has 0 radical (unpaired) electrons. The van der Waals surface area contributed by atoms with Crippen molar-refractivity contribution in [2.45, 2.75) is 13.8 Å². The van der Waals surface area contributed by atoms with E-state index in [0.717, 1.165) is 10.9 Å². The van der Waals surface area contributed by atoms with E-state index < -0.39 is 0 Å². The maximum absolute atomic E-state index is 12.2. The van der Waals surface area contributed by atoms with Gasteiger partial charge in [-0.1, -0.05) is 30.9 Å². The van der Waals surface area contributed by atoms with Gasteiger partial charge in [-0.05, 0) is 32.1 Å².